The molecule has 0 bridgehead atoms. The van der Waals surface area contributed by atoms with Crippen LogP contribution in [0.3, 0.4) is 0 Å². The van der Waals surface area contributed by atoms with E-state index in [1.807, 2.05) is 11.8 Å². The molecule has 3 nitrogen and oxygen atoms in total. The Morgan fingerprint density at radius 3 is 2.44 bits per heavy atom. The number of nitrogens with zero attached hydrogens (tertiary/aromatic N) is 1. The van der Waals surface area contributed by atoms with Gasteiger partial charge >= 0.3 is 0 Å². The summed E-state index contributed by atoms with van der Waals surface area (Å²) in [5.41, 5.74) is 5.48. The summed E-state index contributed by atoms with van der Waals surface area (Å²) < 4.78 is 0. The maximum absolute atomic E-state index is 7.54. The third-order valence-electron chi connectivity index (χ3n) is 4.12. The lowest BCUT2D eigenvalue weighted by molar-refractivity contribution is 0.225. The van der Waals surface area contributed by atoms with Gasteiger partial charge in [0.15, 0.2) is 0 Å². The molecule has 1 fully saturated rings. The molecule has 1 rings (SSSR count). The molecule has 1 aliphatic rings. The minimum atomic E-state index is -0.119. The van der Waals surface area contributed by atoms with Crippen LogP contribution >= 0.6 is 11.8 Å². The largest absolute Gasteiger partial charge is 0.387 e. The van der Waals surface area contributed by atoms with Gasteiger partial charge in [-0.2, -0.15) is 11.8 Å². The summed E-state index contributed by atoms with van der Waals surface area (Å²) in [4.78, 5) is 2.59. The number of unbranched alkanes of at least 4 members (excludes halogenated alkanes) is 1. The summed E-state index contributed by atoms with van der Waals surface area (Å²) >= 11 is 2.02. The van der Waals surface area contributed by atoms with Crippen molar-refractivity contribution < 1.29 is 0 Å². The molecule has 0 spiro atoms. The summed E-state index contributed by atoms with van der Waals surface area (Å²) in [5, 5.41) is 8.42. The highest BCUT2D eigenvalue weighted by molar-refractivity contribution is 7.99. The Morgan fingerprint density at radius 1 is 1.33 bits per heavy atom. The minimum Gasteiger partial charge on any atom is -0.387 e. The molecule has 4 heteroatoms. The third-order valence-corrected chi connectivity index (χ3v) is 5.26. The van der Waals surface area contributed by atoms with Gasteiger partial charge in [0.05, 0.1) is 5.84 Å². The average Bonchev–Trinajstić information content (AvgIpc) is 2.35. The van der Waals surface area contributed by atoms with Crippen molar-refractivity contribution >= 4 is 17.6 Å². The first-order valence-corrected chi connectivity index (χ1v) is 8.34. The monoisotopic (exact) mass is 271 g/mol. The number of amidine groups is 1. The number of rotatable bonds is 7. The van der Waals surface area contributed by atoms with Crippen molar-refractivity contribution in [2.45, 2.75) is 51.2 Å². The quantitative estimate of drug-likeness (QED) is 0.425. The van der Waals surface area contributed by atoms with E-state index in [9.17, 15) is 0 Å². The third kappa shape index (κ3) is 5.19. The highest BCUT2D eigenvalue weighted by Crippen LogP contribution is 2.24. The van der Waals surface area contributed by atoms with Crippen molar-refractivity contribution in [2.24, 2.45) is 11.1 Å². The molecule has 0 atom stereocenters. The van der Waals surface area contributed by atoms with Gasteiger partial charge in [-0.1, -0.05) is 20.3 Å². The fraction of sp³-hybridized carbons (Fsp3) is 0.929. The molecule has 1 aliphatic heterocycles. The Hall–Kier alpha value is -0.220. The second kappa shape index (κ2) is 7.39. The molecule has 1 saturated heterocycles. The topological polar surface area (TPSA) is 53.1 Å². The zero-order valence-electron chi connectivity index (χ0n) is 12.2. The average molecular weight is 271 g/mol. The van der Waals surface area contributed by atoms with E-state index >= 15 is 0 Å². The number of likely N-dealkylation sites (tertiary alicyclic amines) is 1. The lowest BCUT2D eigenvalue weighted by Crippen LogP contribution is -2.35. The van der Waals surface area contributed by atoms with Crippen LogP contribution in [-0.2, 0) is 0 Å². The van der Waals surface area contributed by atoms with Crippen LogP contribution in [0, 0.1) is 10.8 Å². The Kier molecular flexibility index (Phi) is 6.50. The first-order chi connectivity index (χ1) is 8.45. The minimum absolute atomic E-state index is 0.119. The number of thioether (sulfide) groups is 1. The molecule has 0 aliphatic carbocycles. The summed E-state index contributed by atoms with van der Waals surface area (Å²) in [5.74, 6) is 0.322. The van der Waals surface area contributed by atoms with Crippen LogP contribution in [0.25, 0.3) is 0 Å². The van der Waals surface area contributed by atoms with Crippen LogP contribution in [0.2, 0.25) is 0 Å². The molecule has 3 N–H and O–H groups in total. The lowest BCUT2D eigenvalue weighted by atomic mass is 9.86. The molecule has 0 saturated carbocycles. The first-order valence-electron chi connectivity index (χ1n) is 7.05. The van der Waals surface area contributed by atoms with Gasteiger partial charge in [0.1, 0.15) is 0 Å². The summed E-state index contributed by atoms with van der Waals surface area (Å²) in [6, 6.07) is 0. The van der Waals surface area contributed by atoms with Crippen LogP contribution in [0.5, 0.6) is 0 Å². The van der Waals surface area contributed by atoms with E-state index in [0.717, 1.165) is 11.7 Å². The maximum Gasteiger partial charge on any atom is 0.0963 e. The second-order valence-corrected chi connectivity index (χ2v) is 7.17. The predicted molar refractivity (Wildman–Crippen MR) is 82.5 cm³/mol. The van der Waals surface area contributed by atoms with Gasteiger partial charge < -0.3 is 10.6 Å². The van der Waals surface area contributed by atoms with Crippen molar-refractivity contribution in [3.05, 3.63) is 0 Å². The van der Waals surface area contributed by atoms with Crippen molar-refractivity contribution in [1.82, 2.24) is 4.90 Å². The van der Waals surface area contributed by atoms with Gasteiger partial charge in [-0.15, -0.1) is 0 Å². The van der Waals surface area contributed by atoms with E-state index in [1.165, 1.54) is 45.3 Å². The summed E-state index contributed by atoms with van der Waals surface area (Å²) in [6.45, 7) is 7.89. The Labute approximate surface area is 116 Å². The van der Waals surface area contributed by atoms with Gasteiger partial charge in [0.2, 0.25) is 0 Å². The first kappa shape index (κ1) is 15.8. The molecular formula is C14H29N3S. The van der Waals surface area contributed by atoms with Crippen LogP contribution in [0.4, 0.5) is 0 Å². The maximum atomic E-state index is 7.54. The van der Waals surface area contributed by atoms with Crippen LogP contribution in [0.15, 0.2) is 0 Å². The van der Waals surface area contributed by atoms with E-state index in [2.05, 4.69) is 25.0 Å². The van der Waals surface area contributed by atoms with Gasteiger partial charge in [-0.3, -0.25) is 5.41 Å². The molecule has 1 heterocycles. The van der Waals surface area contributed by atoms with Crippen molar-refractivity contribution in [3.8, 4) is 0 Å². The second-order valence-electron chi connectivity index (χ2n) is 6.03. The van der Waals surface area contributed by atoms with E-state index in [0.29, 0.717) is 5.84 Å². The normalized spacial score (nSPS) is 19.1. The van der Waals surface area contributed by atoms with E-state index in [4.69, 9.17) is 11.1 Å². The number of hydrogen-bond donors (Lipinski definition) is 2. The Balaban J connectivity index is 2.10. The zero-order valence-corrected chi connectivity index (χ0v) is 13.0. The highest BCUT2D eigenvalue weighted by atomic mass is 32.2. The lowest BCUT2D eigenvalue weighted by Gasteiger charge is -2.31. The molecule has 18 heavy (non-hydrogen) atoms. The SMILES string of the molecule is CSC1CCN(CCCCC(C)(C)C(=N)N)CC1. The number of hydrogen-bond acceptors (Lipinski definition) is 3. The number of piperidine rings is 1. The summed E-state index contributed by atoms with van der Waals surface area (Å²) in [7, 11) is 0. The molecule has 0 aromatic carbocycles. The zero-order chi connectivity index (χ0) is 13.6. The predicted octanol–water partition coefficient (Wildman–Crippen LogP) is 2.95. The number of nitrogens with two attached hydrogens (primary N) is 1. The molecular weight excluding hydrogens is 242 g/mol. The molecule has 0 radical (unpaired) electrons. The van der Waals surface area contributed by atoms with Gasteiger partial charge in [-0.25, -0.2) is 0 Å². The van der Waals surface area contributed by atoms with Crippen molar-refractivity contribution in [3.63, 3.8) is 0 Å². The van der Waals surface area contributed by atoms with E-state index in [1.54, 1.807) is 0 Å². The fourth-order valence-electron chi connectivity index (χ4n) is 2.41. The summed E-state index contributed by atoms with van der Waals surface area (Å²) in [6.07, 6.45) is 8.36. The standard InChI is InChI=1S/C14H29N3S/c1-14(2,13(15)16)8-4-5-9-17-10-6-12(18-3)7-11-17/h12H,4-11H2,1-3H3,(H3,15,16). The fourth-order valence-corrected chi connectivity index (χ4v) is 3.09. The van der Waals surface area contributed by atoms with Crippen molar-refractivity contribution in [2.75, 3.05) is 25.9 Å². The molecule has 106 valence electrons. The highest BCUT2D eigenvalue weighted by Gasteiger charge is 2.21. The van der Waals surface area contributed by atoms with E-state index in [-0.39, 0.29) is 5.41 Å². The van der Waals surface area contributed by atoms with Gasteiger partial charge in [-0.05, 0) is 51.6 Å². The molecule has 0 amide bonds. The van der Waals surface area contributed by atoms with Crippen LogP contribution < -0.4 is 5.73 Å². The van der Waals surface area contributed by atoms with Crippen LogP contribution in [-0.4, -0.2) is 41.9 Å². The molecule has 0 aromatic heterocycles. The van der Waals surface area contributed by atoms with Crippen molar-refractivity contribution in [1.29, 1.82) is 5.41 Å². The Bertz CT molecular complexity index is 258. The Morgan fingerprint density at radius 2 is 1.94 bits per heavy atom. The number of nitrogens with one attached hydrogen (secondary N) is 1. The van der Waals surface area contributed by atoms with Gasteiger partial charge in [0, 0.05) is 10.7 Å². The molecule has 0 unspecified atom stereocenters. The van der Waals surface area contributed by atoms with Crippen LogP contribution in [0.1, 0.15) is 46.0 Å². The molecule has 0 aromatic rings. The smallest absolute Gasteiger partial charge is 0.0963 e. The van der Waals surface area contributed by atoms with Gasteiger partial charge in [0.25, 0.3) is 0 Å². The van der Waals surface area contributed by atoms with E-state index < -0.39 is 0 Å².